The molecule has 0 fully saturated rings. The predicted octanol–water partition coefficient (Wildman–Crippen LogP) is 0.966. The average Bonchev–Trinajstić information content (AvgIpc) is 2.46. The van der Waals surface area contributed by atoms with E-state index in [-0.39, 0.29) is 17.9 Å². The minimum atomic E-state index is -0.239. The summed E-state index contributed by atoms with van der Waals surface area (Å²) in [5.41, 5.74) is 7.80. The molecule has 0 aromatic carbocycles. The van der Waals surface area contributed by atoms with E-state index in [4.69, 9.17) is 5.73 Å². The fraction of sp³-hybridized carbons (Fsp3) is 0.636. The molecule has 3 N–H and O–H groups in total. The molecule has 0 radical (unpaired) electrons. The van der Waals surface area contributed by atoms with Gasteiger partial charge in [0.2, 0.25) is 0 Å². The van der Waals surface area contributed by atoms with Crippen LogP contribution < -0.4 is 11.1 Å². The fourth-order valence-electron chi connectivity index (χ4n) is 1.74. The maximum atomic E-state index is 12.2. The summed E-state index contributed by atoms with van der Waals surface area (Å²) in [5, 5.41) is 7.17. The molecule has 0 bridgehead atoms. The highest BCUT2D eigenvalue weighted by Gasteiger charge is 2.24. The molecule has 0 aliphatic heterocycles. The number of carbonyl (C=O) groups excluding carboxylic acids is 1. The van der Waals surface area contributed by atoms with Crippen LogP contribution in [0.2, 0.25) is 0 Å². The summed E-state index contributed by atoms with van der Waals surface area (Å²) >= 11 is 0. The smallest absolute Gasteiger partial charge is 0.264 e. The maximum Gasteiger partial charge on any atom is 0.264 e. The predicted molar refractivity (Wildman–Crippen MR) is 64.4 cm³/mol. The number of hydrogen-bond acceptors (Lipinski definition) is 4. The highest BCUT2D eigenvalue weighted by Crippen LogP contribution is 2.16. The van der Waals surface area contributed by atoms with Crippen LogP contribution in [0.3, 0.4) is 0 Å². The van der Waals surface area contributed by atoms with Gasteiger partial charge in [0.15, 0.2) is 0 Å². The standard InChI is InChI=1S/C11H20N4O/c1-6(2)10(13-5)11(16)15-8(4)9(12)7(3)14-15/h6,10,13H,12H2,1-5H3. The second-order valence-corrected chi connectivity index (χ2v) is 4.34. The van der Waals surface area contributed by atoms with E-state index in [2.05, 4.69) is 10.4 Å². The molecule has 1 rings (SSSR count). The van der Waals surface area contributed by atoms with Crippen molar-refractivity contribution in [2.24, 2.45) is 5.92 Å². The van der Waals surface area contributed by atoms with Gasteiger partial charge < -0.3 is 11.1 Å². The van der Waals surface area contributed by atoms with Crippen LogP contribution in [0.15, 0.2) is 0 Å². The molecule has 0 spiro atoms. The molecule has 5 nitrogen and oxygen atoms in total. The lowest BCUT2D eigenvalue weighted by molar-refractivity contribution is 0.0818. The largest absolute Gasteiger partial charge is 0.396 e. The zero-order chi connectivity index (χ0) is 12.5. The molecule has 16 heavy (non-hydrogen) atoms. The van der Waals surface area contributed by atoms with Gasteiger partial charge in [-0.15, -0.1) is 0 Å². The van der Waals surface area contributed by atoms with Crippen molar-refractivity contribution in [2.45, 2.75) is 33.7 Å². The third-order valence-corrected chi connectivity index (χ3v) is 2.80. The van der Waals surface area contributed by atoms with Crippen molar-refractivity contribution in [1.82, 2.24) is 15.1 Å². The molecular formula is C11H20N4O. The summed E-state index contributed by atoms with van der Waals surface area (Å²) in [7, 11) is 1.78. The molecule has 90 valence electrons. The van der Waals surface area contributed by atoms with E-state index >= 15 is 0 Å². The van der Waals surface area contributed by atoms with Crippen molar-refractivity contribution < 1.29 is 4.79 Å². The summed E-state index contributed by atoms with van der Waals surface area (Å²) in [6.07, 6.45) is 0. The van der Waals surface area contributed by atoms with Crippen LogP contribution in [-0.2, 0) is 0 Å². The number of aromatic nitrogens is 2. The Morgan fingerprint density at radius 1 is 1.44 bits per heavy atom. The molecule has 0 saturated carbocycles. The number of hydrogen-bond donors (Lipinski definition) is 2. The first-order valence-corrected chi connectivity index (χ1v) is 5.43. The van der Waals surface area contributed by atoms with Gasteiger partial charge in [-0.3, -0.25) is 4.79 Å². The van der Waals surface area contributed by atoms with Crippen LogP contribution in [0.25, 0.3) is 0 Å². The molecule has 1 atom stereocenters. The van der Waals surface area contributed by atoms with Crippen LogP contribution in [0, 0.1) is 19.8 Å². The van der Waals surface area contributed by atoms with Gasteiger partial charge in [0, 0.05) is 0 Å². The maximum absolute atomic E-state index is 12.2. The first-order chi connectivity index (χ1) is 7.40. The number of aryl methyl sites for hydroxylation is 1. The van der Waals surface area contributed by atoms with Crippen molar-refractivity contribution in [2.75, 3.05) is 12.8 Å². The van der Waals surface area contributed by atoms with Crippen LogP contribution >= 0.6 is 0 Å². The van der Waals surface area contributed by atoms with Crippen molar-refractivity contribution in [3.63, 3.8) is 0 Å². The van der Waals surface area contributed by atoms with E-state index in [1.54, 1.807) is 20.9 Å². The van der Waals surface area contributed by atoms with Gasteiger partial charge in [0.25, 0.3) is 5.91 Å². The minimum absolute atomic E-state index is 0.0604. The molecule has 0 aliphatic carbocycles. The molecule has 1 heterocycles. The Balaban J connectivity index is 3.09. The topological polar surface area (TPSA) is 72.9 Å². The van der Waals surface area contributed by atoms with Crippen LogP contribution in [0.4, 0.5) is 5.69 Å². The molecule has 1 aromatic heterocycles. The van der Waals surface area contributed by atoms with Gasteiger partial charge in [-0.05, 0) is 26.8 Å². The highest BCUT2D eigenvalue weighted by molar-refractivity contribution is 5.85. The van der Waals surface area contributed by atoms with Gasteiger partial charge in [-0.1, -0.05) is 13.8 Å². The van der Waals surface area contributed by atoms with E-state index < -0.39 is 0 Å². The van der Waals surface area contributed by atoms with E-state index in [1.807, 2.05) is 13.8 Å². The SMILES string of the molecule is CNC(C(=O)n1nc(C)c(N)c1C)C(C)C. The summed E-state index contributed by atoms with van der Waals surface area (Å²) in [6.45, 7) is 7.60. The molecule has 0 aliphatic rings. The summed E-state index contributed by atoms with van der Waals surface area (Å²) in [6, 6.07) is -0.239. The number of nitrogens with zero attached hydrogens (tertiary/aromatic N) is 2. The highest BCUT2D eigenvalue weighted by atomic mass is 16.2. The number of rotatable bonds is 3. The Morgan fingerprint density at radius 2 is 2.00 bits per heavy atom. The molecule has 0 amide bonds. The molecule has 1 unspecified atom stereocenters. The van der Waals surface area contributed by atoms with Gasteiger partial charge in [0.1, 0.15) is 0 Å². The van der Waals surface area contributed by atoms with Crippen LogP contribution in [0.1, 0.15) is 30.0 Å². The van der Waals surface area contributed by atoms with E-state index in [1.165, 1.54) is 4.68 Å². The number of nitrogens with two attached hydrogens (primary N) is 1. The molecular weight excluding hydrogens is 204 g/mol. The van der Waals surface area contributed by atoms with Gasteiger partial charge in [-0.2, -0.15) is 5.10 Å². The van der Waals surface area contributed by atoms with Gasteiger partial charge in [0.05, 0.1) is 23.1 Å². The lowest BCUT2D eigenvalue weighted by Crippen LogP contribution is -2.42. The minimum Gasteiger partial charge on any atom is -0.396 e. The average molecular weight is 224 g/mol. The Kier molecular flexibility index (Phi) is 3.70. The quantitative estimate of drug-likeness (QED) is 0.802. The van der Waals surface area contributed by atoms with Gasteiger partial charge >= 0.3 is 0 Å². The lowest BCUT2D eigenvalue weighted by Gasteiger charge is -2.18. The lowest BCUT2D eigenvalue weighted by atomic mass is 10.0. The summed E-state index contributed by atoms with van der Waals surface area (Å²) in [5.74, 6) is 0.150. The Bertz CT molecular complexity index is 395. The first kappa shape index (κ1) is 12.7. The van der Waals surface area contributed by atoms with E-state index in [9.17, 15) is 4.79 Å². The van der Waals surface area contributed by atoms with Gasteiger partial charge in [-0.25, -0.2) is 4.68 Å². The zero-order valence-corrected chi connectivity index (χ0v) is 10.5. The summed E-state index contributed by atoms with van der Waals surface area (Å²) < 4.78 is 1.39. The Labute approximate surface area is 96.0 Å². The van der Waals surface area contributed by atoms with E-state index in [0.717, 1.165) is 0 Å². The molecule has 0 saturated heterocycles. The summed E-state index contributed by atoms with van der Waals surface area (Å²) in [4.78, 5) is 12.2. The number of carbonyl (C=O) groups is 1. The van der Waals surface area contributed by atoms with E-state index in [0.29, 0.717) is 17.1 Å². The third-order valence-electron chi connectivity index (χ3n) is 2.80. The number of nitrogens with one attached hydrogen (secondary N) is 1. The first-order valence-electron chi connectivity index (χ1n) is 5.43. The van der Waals surface area contributed by atoms with Crippen molar-refractivity contribution in [3.8, 4) is 0 Å². The van der Waals surface area contributed by atoms with Crippen molar-refractivity contribution in [3.05, 3.63) is 11.4 Å². The zero-order valence-electron chi connectivity index (χ0n) is 10.5. The Hall–Kier alpha value is -1.36. The number of likely N-dealkylation sites (N-methyl/N-ethyl adjacent to an activating group) is 1. The van der Waals surface area contributed by atoms with Crippen molar-refractivity contribution in [1.29, 1.82) is 0 Å². The third kappa shape index (κ3) is 2.09. The number of anilines is 1. The van der Waals surface area contributed by atoms with Crippen LogP contribution in [0.5, 0.6) is 0 Å². The molecule has 5 heteroatoms. The van der Waals surface area contributed by atoms with Crippen molar-refractivity contribution >= 4 is 11.6 Å². The van der Waals surface area contributed by atoms with Crippen LogP contribution in [-0.4, -0.2) is 28.8 Å². The molecule has 1 aromatic rings. The monoisotopic (exact) mass is 224 g/mol. The second kappa shape index (κ2) is 4.65. The normalized spacial score (nSPS) is 13.1. The fourth-order valence-corrected chi connectivity index (χ4v) is 1.74. The Morgan fingerprint density at radius 3 is 2.31 bits per heavy atom. The second-order valence-electron chi connectivity index (χ2n) is 4.34. The number of nitrogen functional groups attached to an aromatic ring is 1.